The second kappa shape index (κ2) is 50.3. The van der Waals surface area contributed by atoms with Crippen molar-refractivity contribution in [3.8, 4) is 0 Å². The van der Waals surface area contributed by atoms with Crippen LogP contribution in [0.1, 0.15) is 278 Å². The van der Waals surface area contributed by atoms with Crippen LogP contribution in [0, 0.1) is 0 Å². The molecule has 0 aliphatic carbocycles. The molecule has 356 valence electrons. The molecule has 0 fully saturated rings. The maximum atomic E-state index is 12.7. The van der Waals surface area contributed by atoms with Gasteiger partial charge in [0.15, 0.2) is 6.10 Å². The molecular formula is C55H100O6. The number of unbranched alkanes of at least 4 members (excludes halogenated alkanes) is 31. The van der Waals surface area contributed by atoms with Crippen molar-refractivity contribution in [2.24, 2.45) is 0 Å². The van der Waals surface area contributed by atoms with Crippen LogP contribution in [0.3, 0.4) is 0 Å². The Morgan fingerprint density at radius 1 is 0.328 bits per heavy atom. The van der Waals surface area contributed by atoms with Gasteiger partial charge in [0, 0.05) is 19.3 Å². The summed E-state index contributed by atoms with van der Waals surface area (Å²) in [6.07, 6.45) is 59.0. The normalized spacial score (nSPS) is 12.2. The minimum atomic E-state index is -0.773. The Labute approximate surface area is 378 Å². The van der Waals surface area contributed by atoms with Crippen LogP contribution in [0.5, 0.6) is 0 Å². The van der Waals surface area contributed by atoms with Gasteiger partial charge in [-0.2, -0.15) is 0 Å². The van der Waals surface area contributed by atoms with Crippen molar-refractivity contribution in [1.82, 2.24) is 0 Å². The number of hydrogen-bond acceptors (Lipinski definition) is 6. The Morgan fingerprint density at radius 3 is 0.984 bits per heavy atom. The molecule has 1 unspecified atom stereocenters. The highest BCUT2D eigenvalue weighted by Gasteiger charge is 2.19. The molecule has 6 heteroatoms. The van der Waals surface area contributed by atoms with Crippen LogP contribution in [-0.4, -0.2) is 37.2 Å². The van der Waals surface area contributed by atoms with E-state index in [0.29, 0.717) is 19.3 Å². The molecule has 1 atom stereocenters. The Morgan fingerprint density at radius 2 is 0.623 bits per heavy atom. The Hall–Kier alpha value is -2.37. The first-order chi connectivity index (χ1) is 30.0. The van der Waals surface area contributed by atoms with Crippen LogP contribution in [0.2, 0.25) is 0 Å². The third-order valence-corrected chi connectivity index (χ3v) is 11.6. The number of esters is 3. The summed E-state index contributed by atoms with van der Waals surface area (Å²) < 4.78 is 16.6. The average Bonchev–Trinajstić information content (AvgIpc) is 3.26. The SMILES string of the molecule is CCC/C=C\C/C=C\CCCCCCCC(=O)OC(COC(=O)CCCCCCC)COC(=O)CCCCCCCCCCCCCCC/C=C\CCCCCCCCCC. The fraction of sp³-hybridized carbons (Fsp3) is 0.836. The van der Waals surface area contributed by atoms with Gasteiger partial charge in [0.05, 0.1) is 0 Å². The number of allylic oxidation sites excluding steroid dienone is 6. The molecule has 0 aliphatic rings. The zero-order valence-corrected chi connectivity index (χ0v) is 40.7. The molecule has 0 rings (SSSR count). The van der Waals surface area contributed by atoms with E-state index in [1.807, 2.05) is 0 Å². The molecule has 0 spiro atoms. The smallest absolute Gasteiger partial charge is 0.306 e. The molecule has 61 heavy (non-hydrogen) atoms. The van der Waals surface area contributed by atoms with Crippen molar-refractivity contribution in [1.29, 1.82) is 0 Å². The van der Waals surface area contributed by atoms with Crippen LogP contribution in [0.4, 0.5) is 0 Å². The predicted octanol–water partition coefficient (Wildman–Crippen LogP) is 17.3. The van der Waals surface area contributed by atoms with E-state index in [1.54, 1.807) is 0 Å². The lowest BCUT2D eigenvalue weighted by molar-refractivity contribution is -0.167. The molecule has 0 aromatic carbocycles. The van der Waals surface area contributed by atoms with Gasteiger partial charge < -0.3 is 14.2 Å². The second-order valence-corrected chi connectivity index (χ2v) is 17.8. The Bertz CT molecular complexity index is 1030. The molecular weight excluding hydrogens is 757 g/mol. The summed E-state index contributed by atoms with van der Waals surface area (Å²) in [7, 11) is 0. The van der Waals surface area contributed by atoms with E-state index in [0.717, 1.165) is 96.3 Å². The van der Waals surface area contributed by atoms with E-state index < -0.39 is 6.10 Å². The monoisotopic (exact) mass is 857 g/mol. The first-order valence-corrected chi connectivity index (χ1v) is 26.5. The van der Waals surface area contributed by atoms with Crippen LogP contribution in [-0.2, 0) is 28.6 Å². The Kier molecular flexibility index (Phi) is 48.3. The van der Waals surface area contributed by atoms with Crippen LogP contribution in [0.15, 0.2) is 36.5 Å². The van der Waals surface area contributed by atoms with Gasteiger partial charge in [-0.15, -0.1) is 0 Å². The molecule has 0 aromatic rings. The summed E-state index contributed by atoms with van der Waals surface area (Å²) in [5.74, 6) is -0.898. The van der Waals surface area contributed by atoms with E-state index in [9.17, 15) is 14.4 Å². The third-order valence-electron chi connectivity index (χ3n) is 11.6. The highest BCUT2D eigenvalue weighted by molar-refractivity contribution is 5.71. The highest BCUT2D eigenvalue weighted by atomic mass is 16.6. The van der Waals surface area contributed by atoms with Crippen molar-refractivity contribution >= 4 is 17.9 Å². The van der Waals surface area contributed by atoms with E-state index >= 15 is 0 Å². The van der Waals surface area contributed by atoms with Crippen molar-refractivity contribution in [3.05, 3.63) is 36.5 Å². The molecule has 0 radical (unpaired) electrons. The lowest BCUT2D eigenvalue weighted by Gasteiger charge is -2.18. The quantitative estimate of drug-likeness (QED) is 0.0262. The number of hydrogen-bond donors (Lipinski definition) is 0. The number of carbonyl (C=O) groups excluding carboxylic acids is 3. The second-order valence-electron chi connectivity index (χ2n) is 17.8. The zero-order valence-electron chi connectivity index (χ0n) is 40.7. The van der Waals surface area contributed by atoms with Gasteiger partial charge in [-0.3, -0.25) is 14.4 Å². The van der Waals surface area contributed by atoms with Gasteiger partial charge in [0.25, 0.3) is 0 Å². The molecule has 0 saturated carbocycles. The van der Waals surface area contributed by atoms with Crippen molar-refractivity contribution in [2.75, 3.05) is 13.2 Å². The van der Waals surface area contributed by atoms with E-state index in [4.69, 9.17) is 14.2 Å². The van der Waals surface area contributed by atoms with Gasteiger partial charge in [-0.1, -0.05) is 224 Å². The molecule has 0 heterocycles. The summed E-state index contributed by atoms with van der Waals surface area (Å²) in [5, 5.41) is 0. The number of ether oxygens (including phenoxy) is 3. The average molecular weight is 857 g/mol. The molecule has 0 bridgehead atoms. The standard InChI is InChI=1S/C55H100O6/c1-4-7-10-13-15-17-19-21-22-23-24-25-26-27-28-29-30-31-32-34-35-37-39-42-45-48-54(57)60-51-52(50-59-53(56)47-44-41-12-9-6-3)61-55(58)49-46-43-40-38-36-33-20-18-16-14-11-8-5-2/h11,14,18,20,23-24,52H,4-10,12-13,15-17,19,21-22,25-51H2,1-3H3/b14-11-,20-18-,24-23-. The third kappa shape index (κ3) is 48.5. The van der Waals surface area contributed by atoms with Gasteiger partial charge in [0.2, 0.25) is 0 Å². The minimum absolute atomic E-state index is 0.0763. The fourth-order valence-corrected chi connectivity index (χ4v) is 7.59. The van der Waals surface area contributed by atoms with Gasteiger partial charge in [-0.25, -0.2) is 0 Å². The van der Waals surface area contributed by atoms with Crippen molar-refractivity contribution in [3.63, 3.8) is 0 Å². The summed E-state index contributed by atoms with van der Waals surface area (Å²) in [4.78, 5) is 37.6. The zero-order chi connectivity index (χ0) is 44.4. The summed E-state index contributed by atoms with van der Waals surface area (Å²) in [6.45, 7) is 6.49. The minimum Gasteiger partial charge on any atom is -0.462 e. The number of rotatable bonds is 48. The topological polar surface area (TPSA) is 78.9 Å². The lowest BCUT2D eigenvalue weighted by atomic mass is 10.0. The van der Waals surface area contributed by atoms with Gasteiger partial charge >= 0.3 is 17.9 Å². The van der Waals surface area contributed by atoms with Gasteiger partial charge in [0.1, 0.15) is 13.2 Å². The largest absolute Gasteiger partial charge is 0.462 e. The summed E-state index contributed by atoms with van der Waals surface area (Å²) in [6, 6.07) is 0. The maximum absolute atomic E-state index is 12.7. The molecule has 6 nitrogen and oxygen atoms in total. The van der Waals surface area contributed by atoms with Gasteiger partial charge in [-0.05, 0) is 70.6 Å². The summed E-state index contributed by atoms with van der Waals surface area (Å²) >= 11 is 0. The van der Waals surface area contributed by atoms with E-state index in [-0.39, 0.29) is 31.1 Å². The maximum Gasteiger partial charge on any atom is 0.306 e. The van der Waals surface area contributed by atoms with Crippen LogP contribution >= 0.6 is 0 Å². The molecule has 0 N–H and O–H groups in total. The Balaban J connectivity index is 4.03. The molecule has 0 amide bonds. The van der Waals surface area contributed by atoms with Crippen LogP contribution < -0.4 is 0 Å². The fourth-order valence-electron chi connectivity index (χ4n) is 7.59. The van der Waals surface area contributed by atoms with E-state index in [1.165, 1.54) is 141 Å². The first kappa shape index (κ1) is 58.6. The van der Waals surface area contributed by atoms with Crippen LogP contribution in [0.25, 0.3) is 0 Å². The van der Waals surface area contributed by atoms with Crippen molar-refractivity contribution in [2.45, 2.75) is 284 Å². The van der Waals surface area contributed by atoms with E-state index in [2.05, 4.69) is 57.2 Å². The molecule has 0 aliphatic heterocycles. The molecule has 0 aromatic heterocycles. The number of carbonyl (C=O) groups is 3. The lowest BCUT2D eigenvalue weighted by Crippen LogP contribution is -2.30. The first-order valence-electron chi connectivity index (χ1n) is 26.5. The van der Waals surface area contributed by atoms with Crippen molar-refractivity contribution < 1.29 is 28.6 Å². The molecule has 0 saturated heterocycles. The predicted molar refractivity (Wildman–Crippen MR) is 261 cm³/mol. The summed E-state index contributed by atoms with van der Waals surface area (Å²) in [5.41, 5.74) is 0. The highest BCUT2D eigenvalue weighted by Crippen LogP contribution is 2.16.